The lowest BCUT2D eigenvalue weighted by Crippen LogP contribution is -2.37. The fraction of sp³-hybridized carbons (Fsp3) is 0.538. The minimum atomic E-state index is -3.17. The number of benzene rings is 1. The Balaban J connectivity index is 2.31. The lowest BCUT2D eigenvalue weighted by molar-refractivity contribution is -0.140. The van der Waals surface area contributed by atoms with E-state index >= 15 is 0 Å². The Bertz CT molecular complexity index is 496. The van der Waals surface area contributed by atoms with Crippen molar-refractivity contribution in [3.8, 4) is 0 Å². The summed E-state index contributed by atoms with van der Waals surface area (Å²) < 4.78 is 29.4. The van der Waals surface area contributed by atoms with E-state index in [2.05, 4.69) is 0 Å². The molecule has 4 heteroatoms. The first-order valence-corrected chi connectivity index (χ1v) is 7.39. The zero-order chi connectivity index (χ0) is 12.7. The van der Waals surface area contributed by atoms with Crippen molar-refractivity contribution >= 4 is 9.84 Å². The molecular formula is C13H18O3S. The molecule has 0 amide bonds. The van der Waals surface area contributed by atoms with Crippen LogP contribution in [0.25, 0.3) is 0 Å². The molecule has 94 valence electrons. The standard InChI is InChI=1S/C13H18O3S/c1-10(2)17(14,15)12-6-4-11(5-7-12)13(3)8-9-16-13/h4-7,10H,8-9H2,1-3H3. The average molecular weight is 254 g/mol. The predicted molar refractivity (Wildman–Crippen MR) is 66.7 cm³/mol. The van der Waals surface area contributed by atoms with Crippen molar-refractivity contribution in [3.05, 3.63) is 29.8 Å². The molecule has 0 N–H and O–H groups in total. The molecule has 1 fully saturated rings. The van der Waals surface area contributed by atoms with Crippen LogP contribution < -0.4 is 0 Å². The van der Waals surface area contributed by atoms with Crippen molar-refractivity contribution < 1.29 is 13.2 Å². The molecule has 2 rings (SSSR count). The van der Waals surface area contributed by atoms with Crippen molar-refractivity contribution in [2.75, 3.05) is 6.61 Å². The summed E-state index contributed by atoms with van der Waals surface area (Å²) in [5.41, 5.74) is 0.826. The van der Waals surface area contributed by atoms with Crippen molar-refractivity contribution in [2.24, 2.45) is 0 Å². The third-order valence-corrected chi connectivity index (χ3v) is 5.58. The van der Waals surface area contributed by atoms with Crippen LogP contribution in [0, 0.1) is 0 Å². The smallest absolute Gasteiger partial charge is 0.180 e. The SMILES string of the molecule is CC(C)S(=O)(=O)c1ccc(C2(C)CCO2)cc1. The van der Waals surface area contributed by atoms with E-state index in [1.165, 1.54) is 0 Å². The summed E-state index contributed by atoms with van der Waals surface area (Å²) in [6.07, 6.45) is 0.989. The normalized spacial score (nSPS) is 24.7. The molecule has 0 radical (unpaired) electrons. The van der Waals surface area contributed by atoms with Crippen LogP contribution in [0.5, 0.6) is 0 Å². The summed E-state index contributed by atoms with van der Waals surface area (Å²) in [5.74, 6) is 0. The highest BCUT2D eigenvalue weighted by molar-refractivity contribution is 7.92. The second-order valence-electron chi connectivity index (χ2n) is 4.95. The third kappa shape index (κ3) is 2.11. The lowest BCUT2D eigenvalue weighted by Gasteiger charge is -2.39. The summed E-state index contributed by atoms with van der Waals surface area (Å²) in [6.45, 7) is 6.20. The van der Waals surface area contributed by atoms with Gasteiger partial charge in [0.1, 0.15) is 0 Å². The Labute approximate surface area is 103 Å². The van der Waals surface area contributed by atoms with Crippen LogP contribution in [-0.2, 0) is 20.2 Å². The van der Waals surface area contributed by atoms with Gasteiger partial charge in [-0.2, -0.15) is 0 Å². The van der Waals surface area contributed by atoms with Gasteiger partial charge in [-0.05, 0) is 38.5 Å². The zero-order valence-electron chi connectivity index (χ0n) is 10.4. The Morgan fingerprint density at radius 3 is 2.12 bits per heavy atom. The Morgan fingerprint density at radius 2 is 1.76 bits per heavy atom. The number of rotatable bonds is 3. The van der Waals surface area contributed by atoms with E-state index in [9.17, 15) is 8.42 Å². The topological polar surface area (TPSA) is 43.4 Å². The second-order valence-corrected chi connectivity index (χ2v) is 7.45. The first-order valence-electron chi connectivity index (χ1n) is 5.85. The maximum atomic E-state index is 11.9. The van der Waals surface area contributed by atoms with Crippen LogP contribution in [0.3, 0.4) is 0 Å². The van der Waals surface area contributed by atoms with E-state index in [1.807, 2.05) is 19.1 Å². The first-order chi connectivity index (χ1) is 7.86. The molecule has 1 heterocycles. The Hall–Kier alpha value is -0.870. The molecule has 1 saturated heterocycles. The lowest BCUT2D eigenvalue weighted by atomic mass is 9.89. The van der Waals surface area contributed by atoms with Gasteiger partial charge >= 0.3 is 0 Å². The minimum Gasteiger partial charge on any atom is -0.370 e. The van der Waals surface area contributed by atoms with E-state index in [0.717, 1.165) is 18.6 Å². The van der Waals surface area contributed by atoms with Crippen molar-refractivity contribution in [1.29, 1.82) is 0 Å². The Kier molecular flexibility index (Phi) is 3.04. The van der Waals surface area contributed by atoms with Gasteiger partial charge in [0.05, 0.1) is 22.4 Å². The van der Waals surface area contributed by atoms with Crippen LogP contribution in [0.4, 0.5) is 0 Å². The van der Waals surface area contributed by atoms with Crippen LogP contribution >= 0.6 is 0 Å². The molecule has 1 atom stereocenters. The number of sulfone groups is 1. The molecule has 3 nitrogen and oxygen atoms in total. The molecule has 1 aliphatic heterocycles. The van der Waals surface area contributed by atoms with E-state index in [-0.39, 0.29) is 10.9 Å². The molecule has 0 spiro atoms. The van der Waals surface area contributed by atoms with Crippen molar-refractivity contribution in [2.45, 2.75) is 42.9 Å². The quantitative estimate of drug-likeness (QED) is 0.832. The molecule has 1 aliphatic rings. The van der Waals surface area contributed by atoms with Gasteiger partial charge in [0.15, 0.2) is 9.84 Å². The van der Waals surface area contributed by atoms with Crippen LogP contribution in [0.1, 0.15) is 32.8 Å². The minimum absolute atomic E-state index is 0.222. The van der Waals surface area contributed by atoms with Crippen LogP contribution in [0.15, 0.2) is 29.2 Å². The van der Waals surface area contributed by atoms with E-state index in [0.29, 0.717) is 4.90 Å². The van der Waals surface area contributed by atoms with Gasteiger partial charge in [0.25, 0.3) is 0 Å². The van der Waals surface area contributed by atoms with Crippen molar-refractivity contribution in [1.82, 2.24) is 0 Å². The highest BCUT2D eigenvalue weighted by Crippen LogP contribution is 2.37. The highest BCUT2D eigenvalue weighted by Gasteiger charge is 2.35. The van der Waals surface area contributed by atoms with E-state index in [1.54, 1.807) is 26.0 Å². The predicted octanol–water partition coefficient (Wildman–Crippen LogP) is 2.50. The molecule has 0 aromatic heterocycles. The van der Waals surface area contributed by atoms with Crippen LogP contribution in [0.2, 0.25) is 0 Å². The van der Waals surface area contributed by atoms with Gasteiger partial charge in [-0.1, -0.05) is 12.1 Å². The largest absolute Gasteiger partial charge is 0.370 e. The van der Waals surface area contributed by atoms with E-state index in [4.69, 9.17) is 4.74 Å². The molecule has 0 aliphatic carbocycles. The van der Waals surface area contributed by atoms with Gasteiger partial charge in [-0.15, -0.1) is 0 Å². The summed E-state index contributed by atoms with van der Waals surface area (Å²) in [5, 5.41) is -0.385. The number of ether oxygens (including phenoxy) is 1. The average Bonchev–Trinajstić information content (AvgIpc) is 2.26. The maximum Gasteiger partial charge on any atom is 0.180 e. The second kappa shape index (κ2) is 4.10. The van der Waals surface area contributed by atoms with Crippen LogP contribution in [-0.4, -0.2) is 20.3 Å². The number of hydrogen-bond donors (Lipinski definition) is 0. The third-order valence-electron chi connectivity index (χ3n) is 3.41. The monoisotopic (exact) mass is 254 g/mol. The fourth-order valence-corrected chi connectivity index (χ4v) is 2.97. The molecule has 0 saturated carbocycles. The zero-order valence-corrected chi connectivity index (χ0v) is 11.3. The molecule has 0 bridgehead atoms. The van der Waals surface area contributed by atoms with Gasteiger partial charge < -0.3 is 4.74 Å². The van der Waals surface area contributed by atoms with Gasteiger partial charge in [0, 0.05) is 6.42 Å². The summed E-state index contributed by atoms with van der Waals surface area (Å²) >= 11 is 0. The van der Waals surface area contributed by atoms with Gasteiger partial charge in [-0.25, -0.2) is 8.42 Å². The van der Waals surface area contributed by atoms with Gasteiger partial charge in [-0.3, -0.25) is 0 Å². The Morgan fingerprint density at radius 1 is 1.24 bits per heavy atom. The molecule has 17 heavy (non-hydrogen) atoms. The summed E-state index contributed by atoms with van der Waals surface area (Å²) in [7, 11) is -3.17. The number of hydrogen-bond acceptors (Lipinski definition) is 3. The molecule has 1 aromatic rings. The molecule has 1 aromatic carbocycles. The first kappa shape index (κ1) is 12.6. The van der Waals surface area contributed by atoms with Crippen molar-refractivity contribution in [3.63, 3.8) is 0 Å². The van der Waals surface area contributed by atoms with Gasteiger partial charge in [0.2, 0.25) is 0 Å². The summed E-state index contributed by atoms with van der Waals surface area (Å²) in [6, 6.07) is 7.07. The van der Waals surface area contributed by atoms with E-state index < -0.39 is 9.84 Å². The fourth-order valence-electron chi connectivity index (χ4n) is 1.91. The maximum absolute atomic E-state index is 11.9. The molecule has 1 unspecified atom stereocenters. The summed E-state index contributed by atoms with van der Waals surface area (Å²) in [4.78, 5) is 0.388. The molecular weight excluding hydrogens is 236 g/mol. The highest BCUT2D eigenvalue weighted by atomic mass is 32.2.